The minimum absolute atomic E-state index is 0.158. The van der Waals surface area contributed by atoms with Gasteiger partial charge in [0.25, 0.3) is 11.8 Å². The lowest BCUT2D eigenvalue weighted by molar-refractivity contribution is 0.0849. The van der Waals surface area contributed by atoms with Crippen LogP contribution in [0.25, 0.3) is 10.1 Å². The number of benzene rings is 2. The zero-order chi connectivity index (χ0) is 20.4. The molecule has 2 aromatic carbocycles. The third kappa shape index (κ3) is 4.02. The second kappa shape index (κ2) is 7.94. The molecule has 1 saturated heterocycles. The summed E-state index contributed by atoms with van der Waals surface area (Å²) in [7, 11) is -3.52. The summed E-state index contributed by atoms with van der Waals surface area (Å²) in [5, 5.41) is 0.962. The van der Waals surface area contributed by atoms with Gasteiger partial charge in [0, 0.05) is 23.4 Å². The molecule has 0 atom stereocenters. The van der Waals surface area contributed by atoms with Crippen LogP contribution in [0.3, 0.4) is 0 Å². The van der Waals surface area contributed by atoms with Crippen molar-refractivity contribution in [1.82, 2.24) is 15.2 Å². The smallest absolute Gasteiger partial charge is 0.267 e. The summed E-state index contributed by atoms with van der Waals surface area (Å²) in [5.74, 6) is -0.933. The number of fused-ring (bicyclic) bond motifs is 1. The van der Waals surface area contributed by atoms with Crippen molar-refractivity contribution in [2.75, 3.05) is 13.1 Å². The molecule has 4 rings (SSSR count). The van der Waals surface area contributed by atoms with E-state index in [-0.39, 0.29) is 10.5 Å². The Morgan fingerprint density at radius 2 is 1.55 bits per heavy atom. The van der Waals surface area contributed by atoms with E-state index >= 15 is 0 Å². The van der Waals surface area contributed by atoms with Gasteiger partial charge in [-0.05, 0) is 54.6 Å². The van der Waals surface area contributed by atoms with Crippen LogP contribution in [0.5, 0.6) is 0 Å². The summed E-state index contributed by atoms with van der Waals surface area (Å²) in [4.78, 5) is 25.2. The highest BCUT2D eigenvalue weighted by Gasteiger charge is 2.27. The van der Waals surface area contributed by atoms with E-state index in [2.05, 4.69) is 10.9 Å². The second-order valence-corrected chi connectivity index (χ2v) is 9.71. The summed E-state index contributed by atoms with van der Waals surface area (Å²) in [6.07, 6.45) is 1.72. The highest BCUT2D eigenvalue weighted by molar-refractivity contribution is 7.89. The first-order valence-electron chi connectivity index (χ1n) is 9.15. The highest BCUT2D eigenvalue weighted by atomic mass is 32.2. The fourth-order valence-corrected chi connectivity index (χ4v) is 5.67. The van der Waals surface area contributed by atoms with E-state index in [4.69, 9.17) is 0 Å². The summed E-state index contributed by atoms with van der Waals surface area (Å²) < 4.78 is 27.5. The van der Waals surface area contributed by atoms with E-state index < -0.39 is 21.8 Å². The Labute approximate surface area is 172 Å². The molecule has 1 aliphatic rings. The molecule has 2 heterocycles. The first-order chi connectivity index (χ1) is 13.9. The summed E-state index contributed by atoms with van der Waals surface area (Å²) in [6, 6.07) is 15.1. The largest absolute Gasteiger partial charge is 0.279 e. The molecule has 0 bridgehead atoms. The SMILES string of the molecule is O=C(NNC(=O)c1cc2ccccc2s1)c1ccc(S(=O)(=O)N2CCCC2)cc1. The van der Waals surface area contributed by atoms with Crippen molar-refractivity contribution in [3.63, 3.8) is 0 Å². The van der Waals surface area contributed by atoms with Gasteiger partial charge in [-0.2, -0.15) is 4.31 Å². The van der Waals surface area contributed by atoms with Crippen LogP contribution in [0.2, 0.25) is 0 Å². The molecule has 9 heteroatoms. The van der Waals surface area contributed by atoms with Crippen molar-refractivity contribution in [2.24, 2.45) is 0 Å². The van der Waals surface area contributed by atoms with Gasteiger partial charge in [0.05, 0.1) is 9.77 Å². The Morgan fingerprint density at radius 1 is 0.897 bits per heavy atom. The van der Waals surface area contributed by atoms with E-state index in [9.17, 15) is 18.0 Å². The molecule has 2 amide bonds. The molecule has 29 heavy (non-hydrogen) atoms. The number of thiophene rings is 1. The van der Waals surface area contributed by atoms with Gasteiger partial charge < -0.3 is 0 Å². The number of rotatable bonds is 4. The van der Waals surface area contributed by atoms with E-state index in [0.717, 1.165) is 22.9 Å². The average Bonchev–Trinajstić information content (AvgIpc) is 3.42. The zero-order valence-electron chi connectivity index (χ0n) is 15.4. The molecule has 1 fully saturated rings. The van der Waals surface area contributed by atoms with Crippen molar-refractivity contribution in [2.45, 2.75) is 17.7 Å². The van der Waals surface area contributed by atoms with Gasteiger partial charge in [0.15, 0.2) is 0 Å². The Morgan fingerprint density at radius 3 is 2.24 bits per heavy atom. The topological polar surface area (TPSA) is 95.6 Å². The number of carbonyl (C=O) groups excluding carboxylic acids is 2. The molecule has 7 nitrogen and oxygen atoms in total. The average molecular weight is 430 g/mol. The van der Waals surface area contributed by atoms with Crippen molar-refractivity contribution < 1.29 is 18.0 Å². The number of nitrogens with one attached hydrogen (secondary N) is 2. The molecule has 3 aromatic rings. The molecule has 0 saturated carbocycles. The van der Waals surface area contributed by atoms with Crippen LogP contribution in [0.15, 0.2) is 59.5 Å². The third-order valence-corrected chi connectivity index (χ3v) is 7.79. The maximum absolute atomic E-state index is 12.5. The maximum Gasteiger partial charge on any atom is 0.279 e. The van der Waals surface area contributed by atoms with Crippen molar-refractivity contribution in [3.05, 3.63) is 65.0 Å². The van der Waals surface area contributed by atoms with Gasteiger partial charge >= 0.3 is 0 Å². The predicted molar refractivity (Wildman–Crippen MR) is 111 cm³/mol. The van der Waals surface area contributed by atoms with Gasteiger partial charge in [-0.25, -0.2) is 8.42 Å². The van der Waals surface area contributed by atoms with Gasteiger partial charge in [-0.1, -0.05) is 18.2 Å². The Hall–Kier alpha value is -2.75. The number of amides is 2. The summed E-state index contributed by atoms with van der Waals surface area (Å²) in [5.41, 5.74) is 5.01. The van der Waals surface area contributed by atoms with Crippen molar-refractivity contribution >= 4 is 43.3 Å². The lowest BCUT2D eigenvalue weighted by Gasteiger charge is -2.15. The fourth-order valence-electron chi connectivity index (χ4n) is 3.20. The molecule has 1 aromatic heterocycles. The molecule has 1 aliphatic heterocycles. The minimum Gasteiger partial charge on any atom is -0.267 e. The highest BCUT2D eigenvalue weighted by Crippen LogP contribution is 2.25. The van der Waals surface area contributed by atoms with Crippen molar-refractivity contribution in [1.29, 1.82) is 0 Å². The number of sulfonamides is 1. The number of carbonyl (C=O) groups is 2. The van der Waals surface area contributed by atoms with Gasteiger partial charge in [0.2, 0.25) is 10.0 Å². The van der Waals surface area contributed by atoms with Crippen LogP contribution in [0.4, 0.5) is 0 Å². The van der Waals surface area contributed by atoms with Crippen LogP contribution in [-0.2, 0) is 10.0 Å². The molecule has 0 unspecified atom stereocenters. The van der Waals surface area contributed by atoms with Gasteiger partial charge in [-0.3, -0.25) is 20.4 Å². The first-order valence-corrected chi connectivity index (χ1v) is 11.4. The number of hydrogen-bond acceptors (Lipinski definition) is 5. The third-order valence-electron chi connectivity index (χ3n) is 4.76. The number of hydrazine groups is 1. The molecule has 0 aliphatic carbocycles. The number of hydrogen-bond donors (Lipinski definition) is 2. The molecular weight excluding hydrogens is 410 g/mol. The van der Waals surface area contributed by atoms with E-state index in [1.165, 1.54) is 39.9 Å². The van der Waals surface area contributed by atoms with Crippen molar-refractivity contribution in [3.8, 4) is 0 Å². The zero-order valence-corrected chi connectivity index (χ0v) is 17.1. The van der Waals surface area contributed by atoms with E-state index in [1.807, 2.05) is 24.3 Å². The first kappa shape index (κ1) is 19.6. The number of nitrogens with zero attached hydrogens (tertiary/aromatic N) is 1. The monoisotopic (exact) mass is 429 g/mol. The Balaban J connectivity index is 1.40. The van der Waals surface area contributed by atoms with E-state index in [1.54, 1.807) is 6.07 Å². The van der Waals surface area contributed by atoms with Gasteiger partial charge in [-0.15, -0.1) is 11.3 Å². The Bertz CT molecular complexity index is 1130. The maximum atomic E-state index is 12.5. The summed E-state index contributed by atoms with van der Waals surface area (Å²) >= 11 is 1.33. The molecule has 0 radical (unpaired) electrons. The Kier molecular flexibility index (Phi) is 5.35. The van der Waals surface area contributed by atoms with Crippen LogP contribution >= 0.6 is 11.3 Å². The quantitative estimate of drug-likeness (QED) is 0.624. The predicted octanol–water partition coefficient (Wildman–Crippen LogP) is 2.76. The van der Waals surface area contributed by atoms with Crippen LogP contribution in [0, 0.1) is 0 Å². The lowest BCUT2D eigenvalue weighted by Crippen LogP contribution is -2.41. The fraction of sp³-hybridized carbons (Fsp3) is 0.200. The minimum atomic E-state index is -3.52. The van der Waals surface area contributed by atoms with Crippen LogP contribution < -0.4 is 10.9 Å². The van der Waals surface area contributed by atoms with Crippen LogP contribution in [0.1, 0.15) is 32.9 Å². The van der Waals surface area contributed by atoms with Gasteiger partial charge in [0.1, 0.15) is 0 Å². The summed E-state index contributed by atoms with van der Waals surface area (Å²) in [6.45, 7) is 1.04. The normalized spacial score (nSPS) is 14.8. The lowest BCUT2D eigenvalue weighted by atomic mass is 10.2. The molecule has 2 N–H and O–H groups in total. The van der Waals surface area contributed by atoms with E-state index in [0.29, 0.717) is 18.0 Å². The molecular formula is C20H19N3O4S2. The standard InChI is InChI=1S/C20H19N3O4S2/c24-19(21-22-20(25)18-13-15-5-1-2-6-17(15)28-18)14-7-9-16(10-8-14)29(26,27)23-11-3-4-12-23/h1-2,5-10,13H,3-4,11-12H2,(H,21,24)(H,22,25). The molecule has 0 spiro atoms. The molecule has 150 valence electrons. The second-order valence-electron chi connectivity index (χ2n) is 6.69. The van der Waals surface area contributed by atoms with Crippen LogP contribution in [-0.4, -0.2) is 37.6 Å².